The van der Waals surface area contributed by atoms with Gasteiger partial charge in [-0.3, -0.25) is 0 Å². The van der Waals surface area contributed by atoms with Crippen LogP contribution in [-0.2, 0) is 9.47 Å². The Bertz CT molecular complexity index is 600. The smallest absolute Gasteiger partial charge is 0.204 e. The Balaban J connectivity index is 1.64. The highest BCUT2D eigenvalue weighted by molar-refractivity contribution is 5.77. The van der Waals surface area contributed by atoms with Crippen molar-refractivity contribution in [2.45, 2.75) is 31.5 Å². The van der Waals surface area contributed by atoms with Crippen molar-refractivity contribution < 1.29 is 9.47 Å². The molecule has 5 heteroatoms. The Kier molecular flexibility index (Phi) is 3.12. The van der Waals surface area contributed by atoms with Crippen molar-refractivity contribution in [1.29, 1.82) is 0 Å². The Morgan fingerprint density at radius 1 is 1.38 bits per heavy atom. The van der Waals surface area contributed by atoms with E-state index in [1.165, 1.54) is 0 Å². The highest BCUT2D eigenvalue weighted by Gasteiger charge is 2.41. The minimum Gasteiger partial charge on any atom is -0.378 e. The van der Waals surface area contributed by atoms with Crippen molar-refractivity contribution in [3.8, 4) is 0 Å². The van der Waals surface area contributed by atoms with Crippen LogP contribution in [0.25, 0.3) is 11.0 Å². The van der Waals surface area contributed by atoms with Gasteiger partial charge in [0.15, 0.2) is 0 Å². The molecule has 4 rings (SSSR count). The average molecular weight is 287 g/mol. The SMILES string of the molecule is C[C@H]1CN(c2nc3ccccc3[nH]2)C[C@]2(CCCOC2)O1. The predicted molar refractivity (Wildman–Crippen MR) is 81.6 cm³/mol. The second-order valence-corrected chi connectivity index (χ2v) is 6.23. The van der Waals surface area contributed by atoms with E-state index in [9.17, 15) is 0 Å². The third kappa shape index (κ3) is 2.40. The van der Waals surface area contributed by atoms with E-state index < -0.39 is 0 Å². The van der Waals surface area contributed by atoms with Crippen LogP contribution in [0.1, 0.15) is 19.8 Å². The molecule has 2 aliphatic rings. The molecule has 0 saturated carbocycles. The van der Waals surface area contributed by atoms with E-state index in [2.05, 4.69) is 22.9 Å². The van der Waals surface area contributed by atoms with Crippen LogP contribution < -0.4 is 4.90 Å². The molecule has 0 radical (unpaired) electrons. The summed E-state index contributed by atoms with van der Waals surface area (Å²) in [6.45, 7) is 5.38. The highest BCUT2D eigenvalue weighted by Crippen LogP contribution is 2.32. The lowest BCUT2D eigenvalue weighted by molar-refractivity contribution is -0.160. The molecule has 1 spiro atoms. The lowest BCUT2D eigenvalue weighted by Gasteiger charge is -2.47. The summed E-state index contributed by atoms with van der Waals surface area (Å²) < 4.78 is 11.9. The summed E-state index contributed by atoms with van der Waals surface area (Å²) in [7, 11) is 0. The average Bonchev–Trinajstić information content (AvgIpc) is 2.91. The molecule has 2 aliphatic heterocycles. The van der Waals surface area contributed by atoms with Gasteiger partial charge in [0.1, 0.15) is 5.60 Å². The normalized spacial score (nSPS) is 30.1. The predicted octanol–water partition coefficient (Wildman–Crippen LogP) is 2.34. The molecule has 1 N–H and O–H groups in total. The number of fused-ring (bicyclic) bond motifs is 1. The second kappa shape index (κ2) is 5.00. The fourth-order valence-corrected chi connectivity index (χ4v) is 3.52. The van der Waals surface area contributed by atoms with Crippen LogP contribution in [0.4, 0.5) is 5.95 Å². The maximum Gasteiger partial charge on any atom is 0.204 e. The fourth-order valence-electron chi connectivity index (χ4n) is 3.52. The lowest BCUT2D eigenvalue weighted by atomic mass is 9.93. The largest absolute Gasteiger partial charge is 0.378 e. The number of ether oxygens (including phenoxy) is 2. The van der Waals surface area contributed by atoms with Crippen molar-refractivity contribution in [2.75, 3.05) is 31.2 Å². The van der Waals surface area contributed by atoms with Crippen molar-refractivity contribution in [1.82, 2.24) is 9.97 Å². The number of benzene rings is 1. The van der Waals surface area contributed by atoms with Crippen LogP contribution in [0.5, 0.6) is 0 Å². The van der Waals surface area contributed by atoms with Crippen LogP contribution in [-0.4, -0.2) is 48.0 Å². The first kappa shape index (κ1) is 13.1. The van der Waals surface area contributed by atoms with Gasteiger partial charge in [0.25, 0.3) is 0 Å². The quantitative estimate of drug-likeness (QED) is 0.874. The number of aromatic nitrogens is 2. The van der Waals surface area contributed by atoms with Gasteiger partial charge in [-0.15, -0.1) is 0 Å². The summed E-state index contributed by atoms with van der Waals surface area (Å²) in [6, 6.07) is 8.15. The molecule has 0 unspecified atom stereocenters. The van der Waals surface area contributed by atoms with E-state index in [0.717, 1.165) is 49.5 Å². The summed E-state index contributed by atoms with van der Waals surface area (Å²) in [4.78, 5) is 10.5. The Hall–Kier alpha value is -1.59. The number of nitrogens with zero attached hydrogens (tertiary/aromatic N) is 2. The Morgan fingerprint density at radius 2 is 2.29 bits per heavy atom. The van der Waals surface area contributed by atoms with E-state index in [-0.39, 0.29) is 11.7 Å². The maximum atomic E-state index is 6.23. The number of hydrogen-bond acceptors (Lipinski definition) is 4. The molecule has 1 aromatic carbocycles. The summed E-state index contributed by atoms with van der Waals surface area (Å²) in [5, 5.41) is 0. The molecular formula is C16H21N3O2. The van der Waals surface area contributed by atoms with Gasteiger partial charge in [0, 0.05) is 13.2 Å². The highest BCUT2D eigenvalue weighted by atomic mass is 16.6. The van der Waals surface area contributed by atoms with Gasteiger partial charge < -0.3 is 19.4 Å². The summed E-state index contributed by atoms with van der Waals surface area (Å²) in [6.07, 6.45) is 2.32. The molecule has 21 heavy (non-hydrogen) atoms. The molecule has 112 valence electrons. The lowest BCUT2D eigenvalue weighted by Crippen LogP contribution is -2.59. The first-order valence-corrected chi connectivity index (χ1v) is 7.69. The van der Waals surface area contributed by atoms with Gasteiger partial charge in [-0.25, -0.2) is 4.98 Å². The van der Waals surface area contributed by atoms with Gasteiger partial charge in [-0.1, -0.05) is 12.1 Å². The minimum absolute atomic E-state index is 0.172. The van der Waals surface area contributed by atoms with Crippen molar-refractivity contribution in [3.63, 3.8) is 0 Å². The molecule has 0 amide bonds. The summed E-state index contributed by atoms with van der Waals surface area (Å²) >= 11 is 0. The Morgan fingerprint density at radius 3 is 3.10 bits per heavy atom. The topological polar surface area (TPSA) is 50.4 Å². The number of hydrogen-bond donors (Lipinski definition) is 1. The third-order valence-corrected chi connectivity index (χ3v) is 4.37. The minimum atomic E-state index is -0.172. The van der Waals surface area contributed by atoms with Crippen molar-refractivity contribution >= 4 is 17.0 Å². The number of aromatic amines is 1. The van der Waals surface area contributed by atoms with Gasteiger partial charge in [-0.05, 0) is 31.9 Å². The second-order valence-electron chi connectivity index (χ2n) is 6.23. The zero-order valence-corrected chi connectivity index (χ0v) is 12.3. The molecule has 3 heterocycles. The van der Waals surface area contributed by atoms with Crippen LogP contribution in [0, 0.1) is 0 Å². The number of para-hydroxylation sites is 2. The first-order valence-electron chi connectivity index (χ1n) is 7.69. The molecule has 2 aromatic rings. The third-order valence-electron chi connectivity index (χ3n) is 4.37. The summed E-state index contributed by atoms with van der Waals surface area (Å²) in [5.74, 6) is 0.941. The number of anilines is 1. The number of H-pyrrole nitrogens is 1. The molecule has 5 nitrogen and oxygen atoms in total. The molecule has 1 aromatic heterocycles. The monoisotopic (exact) mass is 287 g/mol. The number of morpholine rings is 1. The number of rotatable bonds is 1. The first-order chi connectivity index (χ1) is 10.2. The van der Waals surface area contributed by atoms with Crippen LogP contribution in [0.3, 0.4) is 0 Å². The molecular weight excluding hydrogens is 266 g/mol. The Labute approximate surface area is 124 Å². The van der Waals surface area contributed by atoms with E-state index in [4.69, 9.17) is 14.5 Å². The molecule has 2 fully saturated rings. The van der Waals surface area contributed by atoms with Gasteiger partial charge in [-0.2, -0.15) is 0 Å². The zero-order valence-electron chi connectivity index (χ0n) is 12.3. The van der Waals surface area contributed by atoms with Crippen LogP contribution in [0.2, 0.25) is 0 Å². The summed E-state index contributed by atoms with van der Waals surface area (Å²) in [5.41, 5.74) is 1.93. The number of imidazole rings is 1. The fraction of sp³-hybridized carbons (Fsp3) is 0.562. The van der Waals surface area contributed by atoms with E-state index in [0.29, 0.717) is 6.61 Å². The zero-order chi connectivity index (χ0) is 14.3. The van der Waals surface area contributed by atoms with Gasteiger partial charge >= 0.3 is 0 Å². The van der Waals surface area contributed by atoms with Gasteiger partial charge in [0.05, 0.1) is 30.3 Å². The molecule has 2 saturated heterocycles. The number of nitrogens with one attached hydrogen (secondary N) is 1. The van der Waals surface area contributed by atoms with Crippen molar-refractivity contribution in [2.24, 2.45) is 0 Å². The maximum absolute atomic E-state index is 6.23. The molecule has 0 bridgehead atoms. The van der Waals surface area contributed by atoms with Crippen LogP contribution >= 0.6 is 0 Å². The van der Waals surface area contributed by atoms with E-state index in [1.54, 1.807) is 0 Å². The van der Waals surface area contributed by atoms with Crippen LogP contribution in [0.15, 0.2) is 24.3 Å². The van der Waals surface area contributed by atoms with E-state index in [1.807, 2.05) is 18.2 Å². The van der Waals surface area contributed by atoms with E-state index >= 15 is 0 Å². The van der Waals surface area contributed by atoms with Gasteiger partial charge in [0.2, 0.25) is 5.95 Å². The molecule has 0 aliphatic carbocycles. The standard InChI is InChI=1S/C16H21N3O2/c1-12-9-19(10-16(21-12)7-4-8-20-11-16)15-17-13-5-2-3-6-14(13)18-15/h2-3,5-6,12H,4,7-11H2,1H3,(H,17,18)/t12-,16-/m0/s1. The molecule has 2 atom stereocenters. The van der Waals surface area contributed by atoms with Crippen molar-refractivity contribution in [3.05, 3.63) is 24.3 Å².